The number of pyridine rings is 1. The van der Waals surface area contributed by atoms with Crippen LogP contribution in [0.1, 0.15) is 0 Å². The number of hydrogen-bond donors (Lipinski definition) is 0. The smallest absolute Gasteiger partial charge is 0.227 e. The molecule has 0 radical (unpaired) electrons. The van der Waals surface area contributed by atoms with Crippen LogP contribution < -0.4 is 9.80 Å². The molecular weight excluding hydrogens is 771 g/mol. The molecule has 0 unspecified atom stereocenters. The number of furan rings is 1. The molecule has 0 aliphatic heterocycles. The fourth-order valence-electron chi connectivity index (χ4n) is 8.23. The largest absolute Gasteiger partial charge is 0.456 e. The van der Waals surface area contributed by atoms with Crippen molar-refractivity contribution in [2.75, 3.05) is 9.80 Å². The lowest BCUT2D eigenvalue weighted by Gasteiger charge is -2.25. The molecule has 0 aliphatic carbocycles. The fourth-order valence-corrected chi connectivity index (χ4v) is 9.20. The molecule has 12 rings (SSSR count). The highest BCUT2D eigenvalue weighted by molar-refractivity contribution is 7.21. The summed E-state index contributed by atoms with van der Waals surface area (Å²) >= 11 is 1.71. The summed E-state index contributed by atoms with van der Waals surface area (Å²) in [7, 11) is 0. The standard InChI is InChI=1S/C53H33N5O2S/c1-2-9-38(10-3-1)57(39-23-18-35(19-24-39)53-56-47-13-5-7-15-51(47)61-53)42-26-27-44-45-30-36-20-25-41(29-37(36)31-49(45)59-50(44)32-42)58(43-11-8-28-54-33-43)40-21-16-34(17-22-40)52-55-46-12-4-6-14-48(46)60-52/h1-33H. The van der Waals surface area contributed by atoms with E-state index in [0.717, 1.165) is 99.6 Å². The third-order valence-electron chi connectivity index (χ3n) is 11.2. The van der Waals surface area contributed by atoms with Gasteiger partial charge in [0.25, 0.3) is 0 Å². The molecule has 7 nitrogen and oxygen atoms in total. The molecular formula is C53H33N5O2S. The summed E-state index contributed by atoms with van der Waals surface area (Å²) in [5.41, 5.74) is 12.3. The first kappa shape index (κ1) is 34.9. The molecule has 8 aromatic carbocycles. The molecule has 12 aromatic rings. The van der Waals surface area contributed by atoms with Gasteiger partial charge in [-0.3, -0.25) is 4.98 Å². The lowest BCUT2D eigenvalue weighted by molar-refractivity contribution is 0.620. The summed E-state index contributed by atoms with van der Waals surface area (Å²) in [6, 6.07) is 65.0. The first-order chi connectivity index (χ1) is 30.2. The number of para-hydroxylation sites is 4. The molecule has 288 valence electrons. The van der Waals surface area contributed by atoms with Crippen LogP contribution in [0.4, 0.5) is 34.1 Å². The Morgan fingerprint density at radius 1 is 0.410 bits per heavy atom. The molecule has 4 heterocycles. The van der Waals surface area contributed by atoms with Crippen LogP contribution in [0, 0.1) is 0 Å². The third kappa shape index (κ3) is 6.25. The maximum Gasteiger partial charge on any atom is 0.227 e. The monoisotopic (exact) mass is 803 g/mol. The number of aromatic nitrogens is 3. The Morgan fingerprint density at radius 2 is 1.07 bits per heavy atom. The summed E-state index contributed by atoms with van der Waals surface area (Å²) in [5, 5.41) is 5.35. The van der Waals surface area contributed by atoms with E-state index in [1.807, 2.05) is 48.7 Å². The number of thiazole rings is 1. The van der Waals surface area contributed by atoms with Crippen LogP contribution in [-0.2, 0) is 0 Å². The van der Waals surface area contributed by atoms with Gasteiger partial charge < -0.3 is 18.6 Å². The lowest BCUT2D eigenvalue weighted by atomic mass is 10.0. The Kier molecular flexibility index (Phi) is 8.21. The Bertz CT molecular complexity index is 3310. The summed E-state index contributed by atoms with van der Waals surface area (Å²) in [6.07, 6.45) is 3.68. The van der Waals surface area contributed by atoms with Crippen LogP contribution in [0.3, 0.4) is 0 Å². The van der Waals surface area contributed by atoms with Crippen molar-refractivity contribution in [3.63, 3.8) is 0 Å². The van der Waals surface area contributed by atoms with Crippen LogP contribution >= 0.6 is 11.3 Å². The van der Waals surface area contributed by atoms with Gasteiger partial charge in [0.1, 0.15) is 21.7 Å². The maximum absolute atomic E-state index is 6.70. The average molecular weight is 804 g/mol. The highest BCUT2D eigenvalue weighted by Crippen LogP contribution is 2.42. The van der Waals surface area contributed by atoms with Crippen LogP contribution in [0.15, 0.2) is 209 Å². The van der Waals surface area contributed by atoms with Gasteiger partial charge in [0.2, 0.25) is 5.89 Å². The van der Waals surface area contributed by atoms with Gasteiger partial charge in [-0.25, -0.2) is 9.97 Å². The maximum atomic E-state index is 6.70. The molecule has 0 saturated heterocycles. The zero-order valence-corrected chi connectivity index (χ0v) is 33.3. The zero-order chi connectivity index (χ0) is 40.3. The number of nitrogens with zero attached hydrogens (tertiary/aromatic N) is 5. The van der Waals surface area contributed by atoms with Crippen molar-refractivity contribution in [1.29, 1.82) is 0 Å². The highest BCUT2D eigenvalue weighted by atomic mass is 32.1. The van der Waals surface area contributed by atoms with Crippen LogP contribution in [0.5, 0.6) is 0 Å². The van der Waals surface area contributed by atoms with E-state index in [1.165, 1.54) is 4.70 Å². The molecule has 0 saturated carbocycles. The van der Waals surface area contributed by atoms with Crippen molar-refractivity contribution in [2.24, 2.45) is 0 Å². The average Bonchev–Trinajstić information content (AvgIpc) is 4.05. The van der Waals surface area contributed by atoms with Crippen molar-refractivity contribution in [3.8, 4) is 22.0 Å². The summed E-state index contributed by atoms with van der Waals surface area (Å²) in [4.78, 5) is 18.5. The SMILES string of the molecule is c1ccc(N(c2ccc(-c3nc4ccccc4s3)cc2)c2ccc3c(c2)oc2cc4cc(N(c5ccc(-c6nc7ccccc7o6)cc5)c5cccnc5)ccc4cc23)cc1. The molecule has 0 aliphatic rings. The molecule has 0 bridgehead atoms. The summed E-state index contributed by atoms with van der Waals surface area (Å²) in [5.74, 6) is 0.594. The topological polar surface area (TPSA) is 71.4 Å². The van der Waals surface area contributed by atoms with Gasteiger partial charge in [-0.15, -0.1) is 11.3 Å². The molecule has 0 atom stereocenters. The molecule has 0 spiro atoms. The first-order valence-electron chi connectivity index (χ1n) is 20.1. The number of anilines is 6. The minimum atomic E-state index is 0.594. The number of oxazole rings is 1. The van der Waals surface area contributed by atoms with Gasteiger partial charge in [-0.1, -0.05) is 48.5 Å². The van der Waals surface area contributed by atoms with Gasteiger partial charge in [0.15, 0.2) is 5.58 Å². The van der Waals surface area contributed by atoms with Crippen LogP contribution in [-0.4, -0.2) is 15.0 Å². The van der Waals surface area contributed by atoms with E-state index in [4.69, 9.17) is 18.8 Å². The Balaban J connectivity index is 0.903. The van der Waals surface area contributed by atoms with Gasteiger partial charge in [-0.05, 0) is 144 Å². The summed E-state index contributed by atoms with van der Waals surface area (Å²) < 4.78 is 14.0. The van der Waals surface area contributed by atoms with Crippen LogP contribution in [0.25, 0.3) is 76.1 Å². The quantitative estimate of drug-likeness (QED) is 0.151. The highest BCUT2D eigenvalue weighted by Gasteiger charge is 2.19. The fraction of sp³-hybridized carbons (Fsp3) is 0. The second kappa shape index (κ2) is 14.3. The first-order valence-corrected chi connectivity index (χ1v) is 20.9. The predicted molar refractivity (Wildman–Crippen MR) is 250 cm³/mol. The van der Waals surface area contributed by atoms with Crippen molar-refractivity contribution in [1.82, 2.24) is 15.0 Å². The normalized spacial score (nSPS) is 11.6. The third-order valence-corrected chi connectivity index (χ3v) is 12.3. The van der Waals surface area contributed by atoms with Gasteiger partial charge in [0, 0.05) is 62.6 Å². The van der Waals surface area contributed by atoms with Crippen molar-refractivity contribution in [3.05, 3.63) is 200 Å². The van der Waals surface area contributed by atoms with E-state index in [-0.39, 0.29) is 0 Å². The minimum absolute atomic E-state index is 0.594. The number of rotatable bonds is 8. The van der Waals surface area contributed by atoms with Crippen molar-refractivity contribution < 1.29 is 8.83 Å². The number of hydrogen-bond acceptors (Lipinski definition) is 8. The molecule has 61 heavy (non-hydrogen) atoms. The Morgan fingerprint density at radius 3 is 1.85 bits per heavy atom. The number of fused-ring (bicyclic) bond motifs is 6. The van der Waals surface area contributed by atoms with E-state index in [2.05, 4.69) is 160 Å². The minimum Gasteiger partial charge on any atom is -0.456 e. The van der Waals surface area contributed by atoms with E-state index in [1.54, 1.807) is 17.5 Å². The van der Waals surface area contributed by atoms with E-state index >= 15 is 0 Å². The molecule has 0 N–H and O–H groups in total. The van der Waals surface area contributed by atoms with Gasteiger partial charge in [-0.2, -0.15) is 0 Å². The molecule has 8 heteroatoms. The van der Waals surface area contributed by atoms with E-state index in [0.29, 0.717) is 5.89 Å². The lowest BCUT2D eigenvalue weighted by Crippen LogP contribution is -2.10. The second-order valence-corrected chi connectivity index (χ2v) is 16.0. The molecule has 4 aromatic heterocycles. The van der Waals surface area contributed by atoms with Gasteiger partial charge in [0.05, 0.1) is 22.1 Å². The number of benzene rings is 8. The zero-order valence-electron chi connectivity index (χ0n) is 32.5. The Hall–Kier alpha value is -8.07. The molecule has 0 fully saturated rings. The van der Waals surface area contributed by atoms with Crippen molar-refractivity contribution in [2.45, 2.75) is 0 Å². The van der Waals surface area contributed by atoms with Gasteiger partial charge >= 0.3 is 0 Å². The van der Waals surface area contributed by atoms with Crippen molar-refractivity contribution >= 4 is 99.5 Å². The van der Waals surface area contributed by atoms with Crippen LogP contribution in [0.2, 0.25) is 0 Å². The Labute approximate surface area is 354 Å². The predicted octanol–water partition coefficient (Wildman–Crippen LogP) is 15.2. The second-order valence-electron chi connectivity index (χ2n) is 14.9. The summed E-state index contributed by atoms with van der Waals surface area (Å²) in [6.45, 7) is 0. The molecule has 0 amide bonds. The van der Waals surface area contributed by atoms with E-state index in [9.17, 15) is 0 Å². The van der Waals surface area contributed by atoms with E-state index < -0.39 is 0 Å².